The third-order valence-electron chi connectivity index (χ3n) is 3.78. The molecule has 0 fully saturated rings. The number of hydrogen-bond acceptors (Lipinski definition) is 3. The second-order valence-electron chi connectivity index (χ2n) is 5.27. The molecule has 0 spiro atoms. The van der Waals surface area contributed by atoms with Crippen molar-refractivity contribution in [2.75, 3.05) is 0 Å². The molecule has 4 aromatic rings. The van der Waals surface area contributed by atoms with Crippen molar-refractivity contribution in [3.63, 3.8) is 0 Å². The number of fused-ring (bicyclic) bond motifs is 1. The lowest BCUT2D eigenvalue weighted by Gasteiger charge is -2.05. The Bertz CT molecular complexity index is 978. The molecule has 0 unspecified atom stereocenters. The molecule has 0 aliphatic heterocycles. The highest BCUT2D eigenvalue weighted by Gasteiger charge is 2.19. The number of hydrogen-bond donors (Lipinski definition) is 0. The Labute approximate surface area is 138 Å². The molecule has 2 aromatic carbocycles. The lowest BCUT2D eigenvalue weighted by Crippen LogP contribution is -1.95. The predicted molar refractivity (Wildman–Crippen MR) is 92.2 cm³/mol. The number of nitrogens with zero attached hydrogens (tertiary/aromatic N) is 4. The Morgan fingerprint density at radius 2 is 1.35 bits per heavy atom. The molecule has 2 aromatic heterocycles. The van der Waals surface area contributed by atoms with E-state index in [-0.39, 0.29) is 0 Å². The summed E-state index contributed by atoms with van der Waals surface area (Å²) in [6, 6.07) is 19.8. The van der Waals surface area contributed by atoms with E-state index in [2.05, 4.69) is 15.3 Å². The number of benzene rings is 2. The summed E-state index contributed by atoms with van der Waals surface area (Å²) in [7, 11) is 1.85. The van der Waals surface area contributed by atoms with Gasteiger partial charge in [0.25, 0.3) is 0 Å². The summed E-state index contributed by atoms with van der Waals surface area (Å²) in [5.41, 5.74) is 4.11. The second kappa shape index (κ2) is 5.48. The monoisotopic (exact) mass is 320 g/mol. The summed E-state index contributed by atoms with van der Waals surface area (Å²) < 4.78 is 1.71. The van der Waals surface area contributed by atoms with Crippen LogP contribution in [0.5, 0.6) is 0 Å². The van der Waals surface area contributed by atoms with Crippen LogP contribution in [-0.2, 0) is 7.05 Å². The van der Waals surface area contributed by atoms with Crippen LogP contribution in [0.4, 0.5) is 0 Å². The van der Waals surface area contributed by atoms with Crippen LogP contribution in [0, 0.1) is 0 Å². The van der Waals surface area contributed by atoms with Crippen molar-refractivity contribution >= 4 is 22.6 Å². The lowest BCUT2D eigenvalue weighted by molar-refractivity contribution is 0.781. The summed E-state index contributed by atoms with van der Waals surface area (Å²) >= 11 is 6.69. The van der Waals surface area contributed by atoms with E-state index >= 15 is 0 Å². The number of rotatable bonds is 2. The minimum atomic E-state index is 0.577. The molecule has 0 aliphatic carbocycles. The van der Waals surface area contributed by atoms with E-state index in [1.54, 1.807) is 4.68 Å². The van der Waals surface area contributed by atoms with Crippen LogP contribution in [-0.4, -0.2) is 20.0 Å². The summed E-state index contributed by atoms with van der Waals surface area (Å²) in [5, 5.41) is 14.6. The van der Waals surface area contributed by atoms with E-state index in [4.69, 9.17) is 11.6 Å². The SMILES string of the molecule is Cn1nc(-c2ccccc2)c2c(Cl)c(-c3ccccc3)nnc21. The van der Waals surface area contributed by atoms with Gasteiger partial charge in [-0.1, -0.05) is 72.3 Å². The van der Waals surface area contributed by atoms with Crippen molar-refractivity contribution in [1.82, 2.24) is 20.0 Å². The minimum absolute atomic E-state index is 0.577. The first kappa shape index (κ1) is 13.9. The molecule has 0 saturated carbocycles. The van der Waals surface area contributed by atoms with E-state index in [9.17, 15) is 0 Å². The van der Waals surface area contributed by atoms with Gasteiger partial charge < -0.3 is 0 Å². The maximum absolute atomic E-state index is 6.69. The molecular formula is C18H13ClN4. The fraction of sp³-hybridized carbons (Fsp3) is 0.0556. The van der Waals surface area contributed by atoms with Gasteiger partial charge in [-0.05, 0) is 0 Å². The number of aromatic nitrogens is 4. The summed E-state index contributed by atoms with van der Waals surface area (Å²) in [4.78, 5) is 0. The molecule has 0 radical (unpaired) electrons. The molecule has 23 heavy (non-hydrogen) atoms. The quantitative estimate of drug-likeness (QED) is 0.551. The third kappa shape index (κ3) is 2.28. The summed E-state index contributed by atoms with van der Waals surface area (Å²) in [5.74, 6) is 0. The maximum Gasteiger partial charge on any atom is 0.182 e. The Hall–Kier alpha value is -2.72. The van der Waals surface area contributed by atoms with Crippen molar-refractivity contribution in [3.8, 4) is 22.5 Å². The molecule has 0 bridgehead atoms. The standard InChI is InChI=1S/C18H13ClN4/c1-23-18-14(16(22-23)12-8-4-2-5-9-12)15(19)17(20-21-18)13-10-6-3-7-11-13/h2-11H,1H3. The van der Waals surface area contributed by atoms with Gasteiger partial charge in [-0.15, -0.1) is 10.2 Å². The average Bonchev–Trinajstić information content (AvgIpc) is 2.95. The normalized spacial score (nSPS) is 11.0. The Morgan fingerprint density at radius 1 is 0.783 bits per heavy atom. The van der Waals surface area contributed by atoms with Gasteiger partial charge in [0.1, 0.15) is 11.4 Å². The van der Waals surface area contributed by atoms with Crippen LogP contribution in [0.3, 0.4) is 0 Å². The summed E-state index contributed by atoms with van der Waals surface area (Å²) in [6.07, 6.45) is 0. The molecular weight excluding hydrogens is 308 g/mol. The molecule has 112 valence electrons. The molecule has 0 aliphatic rings. The van der Waals surface area contributed by atoms with E-state index in [1.807, 2.05) is 67.7 Å². The van der Waals surface area contributed by atoms with Gasteiger partial charge in [-0.25, -0.2) is 4.68 Å². The molecule has 0 N–H and O–H groups in total. The van der Waals surface area contributed by atoms with Gasteiger partial charge >= 0.3 is 0 Å². The van der Waals surface area contributed by atoms with Crippen molar-refractivity contribution in [2.45, 2.75) is 0 Å². The average molecular weight is 321 g/mol. The largest absolute Gasteiger partial charge is 0.248 e. The molecule has 0 amide bonds. The van der Waals surface area contributed by atoms with Crippen LogP contribution in [0.15, 0.2) is 60.7 Å². The summed E-state index contributed by atoms with van der Waals surface area (Å²) in [6.45, 7) is 0. The fourth-order valence-corrected chi connectivity index (χ4v) is 2.99. The zero-order valence-electron chi connectivity index (χ0n) is 12.4. The Balaban J connectivity index is 2.03. The van der Waals surface area contributed by atoms with Crippen molar-refractivity contribution < 1.29 is 0 Å². The molecule has 4 rings (SSSR count). The minimum Gasteiger partial charge on any atom is -0.248 e. The van der Waals surface area contributed by atoms with E-state index in [1.165, 1.54) is 0 Å². The van der Waals surface area contributed by atoms with E-state index in [0.717, 1.165) is 22.2 Å². The Morgan fingerprint density at radius 3 is 1.96 bits per heavy atom. The van der Waals surface area contributed by atoms with Crippen LogP contribution in [0.1, 0.15) is 0 Å². The smallest absolute Gasteiger partial charge is 0.182 e. The predicted octanol–water partition coefficient (Wildman–Crippen LogP) is 4.35. The number of aryl methyl sites for hydroxylation is 1. The highest BCUT2D eigenvalue weighted by molar-refractivity contribution is 6.38. The molecule has 0 saturated heterocycles. The second-order valence-corrected chi connectivity index (χ2v) is 5.64. The molecule has 4 nitrogen and oxygen atoms in total. The molecule has 2 heterocycles. The van der Waals surface area contributed by atoms with Gasteiger partial charge in [0.05, 0.1) is 10.4 Å². The van der Waals surface area contributed by atoms with Gasteiger partial charge in [0.2, 0.25) is 0 Å². The van der Waals surface area contributed by atoms with Crippen LogP contribution >= 0.6 is 11.6 Å². The topological polar surface area (TPSA) is 43.6 Å². The molecule has 0 atom stereocenters. The zero-order chi connectivity index (χ0) is 15.8. The van der Waals surface area contributed by atoms with Crippen molar-refractivity contribution in [3.05, 3.63) is 65.7 Å². The first-order valence-corrected chi connectivity index (χ1v) is 7.63. The highest BCUT2D eigenvalue weighted by Crippen LogP contribution is 2.36. The zero-order valence-corrected chi connectivity index (χ0v) is 13.2. The van der Waals surface area contributed by atoms with Crippen molar-refractivity contribution in [2.24, 2.45) is 7.05 Å². The lowest BCUT2D eigenvalue weighted by atomic mass is 10.1. The fourth-order valence-electron chi connectivity index (χ4n) is 2.67. The molecule has 5 heteroatoms. The highest BCUT2D eigenvalue weighted by atomic mass is 35.5. The number of halogens is 1. The van der Waals surface area contributed by atoms with Crippen LogP contribution in [0.2, 0.25) is 5.02 Å². The van der Waals surface area contributed by atoms with Gasteiger partial charge in [-0.2, -0.15) is 5.10 Å². The van der Waals surface area contributed by atoms with Gasteiger partial charge in [0, 0.05) is 18.2 Å². The van der Waals surface area contributed by atoms with Gasteiger partial charge in [0.15, 0.2) is 5.65 Å². The third-order valence-corrected chi connectivity index (χ3v) is 4.15. The van der Waals surface area contributed by atoms with Crippen molar-refractivity contribution in [1.29, 1.82) is 0 Å². The first-order valence-electron chi connectivity index (χ1n) is 7.25. The van der Waals surface area contributed by atoms with Gasteiger partial charge in [-0.3, -0.25) is 0 Å². The van der Waals surface area contributed by atoms with Crippen LogP contribution in [0.25, 0.3) is 33.5 Å². The Kier molecular flexibility index (Phi) is 3.32. The van der Waals surface area contributed by atoms with E-state index < -0.39 is 0 Å². The maximum atomic E-state index is 6.69. The van der Waals surface area contributed by atoms with Crippen LogP contribution < -0.4 is 0 Å². The first-order chi connectivity index (χ1) is 11.3. The van der Waals surface area contributed by atoms with E-state index in [0.29, 0.717) is 16.4 Å².